The zero-order valence-electron chi connectivity index (χ0n) is 12.8. The van der Waals surface area contributed by atoms with Gasteiger partial charge in [0, 0.05) is 7.79 Å². The lowest BCUT2D eigenvalue weighted by Crippen LogP contribution is -2.36. The molecule has 0 radical (unpaired) electrons. The molecule has 0 aromatic carbocycles. The second-order valence-corrected chi connectivity index (χ2v) is 5.92. The average molecular weight is 258 g/mol. The minimum Gasteiger partial charge on any atom is -0.481 e. The van der Waals surface area contributed by atoms with Crippen LogP contribution in [0.15, 0.2) is 0 Å². The number of carbonyl (C=O) groups excluding carboxylic acids is 1. The molecule has 0 bridgehead atoms. The van der Waals surface area contributed by atoms with Gasteiger partial charge in [-0.2, -0.15) is 0 Å². The summed E-state index contributed by atoms with van der Waals surface area (Å²) in [7, 11) is 0. The van der Waals surface area contributed by atoms with Crippen LogP contribution >= 0.6 is 0 Å². The molecule has 0 aliphatic rings. The molecule has 0 rings (SSSR count). The Balaban J connectivity index is 3.92. The van der Waals surface area contributed by atoms with Crippen molar-refractivity contribution in [3.8, 4) is 0 Å². The monoisotopic (exact) mass is 258 g/mol. The summed E-state index contributed by atoms with van der Waals surface area (Å²) in [5, 5.41) is 11.7. The zero-order valence-corrected chi connectivity index (χ0v) is 11.8. The number of rotatable bonds is 9. The molecular formula is C14H27NO3. The molecule has 4 heteroatoms. The van der Waals surface area contributed by atoms with E-state index in [9.17, 15) is 9.59 Å². The van der Waals surface area contributed by atoms with Crippen molar-refractivity contribution in [1.82, 2.24) is 5.32 Å². The number of carbonyl (C=O) groups is 2. The smallest absolute Gasteiger partial charge is 0.303 e. The van der Waals surface area contributed by atoms with Gasteiger partial charge in [-0.25, -0.2) is 0 Å². The second-order valence-electron chi connectivity index (χ2n) is 5.92. The highest BCUT2D eigenvalue weighted by Gasteiger charge is 2.15. The molecule has 0 aromatic heterocycles. The quantitative estimate of drug-likeness (QED) is 0.624. The molecule has 4 nitrogen and oxygen atoms in total. The molecule has 106 valence electrons. The molecule has 0 spiro atoms. The fourth-order valence-corrected chi connectivity index (χ4v) is 1.70. The highest BCUT2D eigenvalue weighted by molar-refractivity contribution is 5.82. The van der Waals surface area contributed by atoms with Crippen LogP contribution in [-0.4, -0.2) is 29.4 Å². The lowest BCUT2D eigenvalue weighted by atomic mass is 9.90. The number of carboxylic acid groups (broad SMARTS) is 1. The van der Waals surface area contributed by atoms with Crippen LogP contribution in [0.5, 0.6) is 0 Å². The number of hydrogen-bond donors (Lipinski definition) is 2. The predicted molar refractivity (Wildman–Crippen MR) is 72.6 cm³/mol. The van der Waals surface area contributed by atoms with E-state index < -0.39 is 12.0 Å². The van der Waals surface area contributed by atoms with E-state index in [1.807, 2.05) is 0 Å². The third kappa shape index (κ3) is 10.3. The lowest BCUT2D eigenvalue weighted by Gasteiger charge is -2.18. The Morgan fingerprint density at radius 2 is 2.00 bits per heavy atom. The summed E-state index contributed by atoms with van der Waals surface area (Å²) in [6, 6.07) is -0.483. The van der Waals surface area contributed by atoms with Crippen LogP contribution in [-0.2, 0) is 9.59 Å². The third-order valence-corrected chi connectivity index (χ3v) is 2.78. The maximum Gasteiger partial charge on any atom is 0.303 e. The van der Waals surface area contributed by atoms with Gasteiger partial charge in [-0.15, -0.1) is 0 Å². The van der Waals surface area contributed by atoms with E-state index in [1.54, 1.807) is 0 Å². The van der Waals surface area contributed by atoms with Crippen LogP contribution in [0.4, 0.5) is 0 Å². The van der Waals surface area contributed by atoms with E-state index >= 15 is 0 Å². The number of hydrogen-bond acceptors (Lipinski definition) is 3. The first-order valence-corrected chi connectivity index (χ1v) is 6.53. The van der Waals surface area contributed by atoms with Crippen molar-refractivity contribution in [1.29, 1.82) is 0 Å². The molecule has 1 atom stereocenters. The summed E-state index contributed by atoms with van der Waals surface area (Å²) in [5.74, 6) is -1.13. The van der Waals surface area contributed by atoms with Gasteiger partial charge in [0.15, 0.2) is 0 Å². The van der Waals surface area contributed by atoms with Crippen molar-refractivity contribution in [2.45, 2.75) is 65.8 Å². The molecule has 0 saturated heterocycles. The summed E-state index contributed by atoms with van der Waals surface area (Å²) >= 11 is 0. The molecule has 0 heterocycles. The van der Waals surface area contributed by atoms with Gasteiger partial charge < -0.3 is 10.4 Å². The molecule has 0 fully saturated rings. The molecule has 0 unspecified atom stereocenters. The van der Waals surface area contributed by atoms with Crippen molar-refractivity contribution < 1.29 is 16.1 Å². The van der Waals surface area contributed by atoms with E-state index in [-0.39, 0.29) is 25.5 Å². The van der Waals surface area contributed by atoms with Crippen LogP contribution in [0.25, 0.3) is 0 Å². The van der Waals surface area contributed by atoms with Crippen molar-refractivity contribution >= 4 is 11.8 Å². The molecular weight excluding hydrogens is 230 g/mol. The third-order valence-electron chi connectivity index (χ3n) is 2.78. The fraction of sp³-hybridized carbons (Fsp3) is 0.857. The first kappa shape index (κ1) is 15.2. The number of ketones is 1. The number of Topliss-reactive ketones (excluding diaryl/α,β-unsaturated/α-hetero) is 1. The van der Waals surface area contributed by atoms with Crippen LogP contribution in [0.2, 0.25) is 0 Å². The van der Waals surface area contributed by atoms with E-state index in [4.69, 9.17) is 6.48 Å². The Morgan fingerprint density at radius 3 is 2.50 bits per heavy atom. The molecule has 0 amide bonds. The topological polar surface area (TPSA) is 66.4 Å². The van der Waals surface area contributed by atoms with Gasteiger partial charge in [0.2, 0.25) is 0 Å². The van der Waals surface area contributed by atoms with Crippen molar-refractivity contribution in [3.05, 3.63) is 0 Å². The number of carboxylic acids is 1. The summed E-state index contributed by atoms with van der Waals surface area (Å²) in [4.78, 5) is 22.0. The lowest BCUT2D eigenvalue weighted by molar-refractivity contribution is -0.137. The van der Waals surface area contributed by atoms with E-state index in [1.165, 1.54) is 0 Å². The average Bonchev–Trinajstić information content (AvgIpc) is 2.30. The molecule has 0 aliphatic carbocycles. The Morgan fingerprint density at radius 1 is 1.33 bits per heavy atom. The van der Waals surface area contributed by atoms with Gasteiger partial charge in [-0.05, 0) is 38.1 Å². The first-order chi connectivity index (χ1) is 8.76. The van der Waals surface area contributed by atoms with E-state index in [2.05, 4.69) is 26.1 Å². The first-order valence-electron chi connectivity index (χ1n) is 7.24. The van der Waals surface area contributed by atoms with Crippen molar-refractivity contribution in [2.24, 2.45) is 5.41 Å². The van der Waals surface area contributed by atoms with E-state index in [0.29, 0.717) is 12.0 Å². The van der Waals surface area contributed by atoms with Crippen LogP contribution < -0.4 is 5.32 Å². The summed E-state index contributed by atoms with van der Waals surface area (Å²) in [6.45, 7) is 6.99. The minimum atomic E-state index is -0.905. The second kappa shape index (κ2) is 8.25. The standard InChI is InChI=1S/C14H27NO3/c1-11(16)12(7-8-13(17)18)15-10-6-5-9-14(2,3)4/h12,15H,5-10H2,1-4H3,(H,17,18)/t12-/m0/s1/i1D. The van der Waals surface area contributed by atoms with Gasteiger partial charge in [-0.3, -0.25) is 9.59 Å². The summed E-state index contributed by atoms with van der Waals surface area (Å²) < 4.78 is 7.09. The normalized spacial score (nSPS) is 14.1. The predicted octanol–water partition coefficient (Wildman–Crippen LogP) is 2.61. The number of nitrogens with one attached hydrogen (secondary N) is 1. The van der Waals surface area contributed by atoms with Gasteiger partial charge in [0.05, 0.1) is 6.04 Å². The fourth-order valence-electron chi connectivity index (χ4n) is 1.70. The Hall–Kier alpha value is -0.900. The summed E-state index contributed by atoms with van der Waals surface area (Å²) in [6.07, 6.45) is 3.40. The van der Waals surface area contributed by atoms with Gasteiger partial charge in [0.25, 0.3) is 0 Å². The van der Waals surface area contributed by atoms with Gasteiger partial charge >= 0.3 is 5.97 Å². The molecule has 0 aliphatic heterocycles. The molecule has 18 heavy (non-hydrogen) atoms. The molecule has 0 saturated carbocycles. The molecule has 2 N–H and O–H groups in total. The minimum absolute atomic E-state index is 0.0363. The maximum absolute atomic E-state index is 11.5. The highest BCUT2D eigenvalue weighted by Crippen LogP contribution is 2.21. The highest BCUT2D eigenvalue weighted by atomic mass is 16.4. The SMILES string of the molecule is [2H]CC(=O)[C@H](CCC(=O)O)NCCCCC(C)(C)C. The van der Waals surface area contributed by atoms with Crippen LogP contribution in [0.3, 0.4) is 0 Å². The Kier molecular flexibility index (Phi) is 6.94. The number of aliphatic carboxylic acids is 1. The maximum atomic E-state index is 11.5. The Labute approximate surface area is 112 Å². The van der Waals surface area contributed by atoms with Crippen LogP contribution in [0, 0.1) is 5.41 Å². The zero-order chi connectivity index (χ0) is 14.9. The number of unbranched alkanes of at least 4 members (excludes halogenated alkanes) is 1. The van der Waals surface area contributed by atoms with E-state index in [0.717, 1.165) is 19.3 Å². The Bertz CT molecular complexity index is 287. The van der Waals surface area contributed by atoms with Crippen LogP contribution in [0.1, 0.15) is 61.1 Å². The van der Waals surface area contributed by atoms with Crippen molar-refractivity contribution in [2.75, 3.05) is 6.54 Å². The van der Waals surface area contributed by atoms with Crippen molar-refractivity contribution in [3.63, 3.8) is 0 Å². The summed E-state index contributed by atoms with van der Waals surface area (Å²) in [5.41, 5.74) is 0.319. The molecule has 0 aromatic rings. The largest absolute Gasteiger partial charge is 0.481 e. The van der Waals surface area contributed by atoms with Gasteiger partial charge in [-0.1, -0.05) is 27.2 Å². The van der Waals surface area contributed by atoms with Gasteiger partial charge in [0.1, 0.15) is 5.78 Å².